The first-order valence-electron chi connectivity index (χ1n) is 13.4. The Morgan fingerprint density at radius 2 is 0.645 bits per heavy atom. The maximum absolute atomic E-state index is 2.39. The Morgan fingerprint density at radius 3 is 0.903 bits per heavy atom. The van der Waals surface area contributed by atoms with Gasteiger partial charge in [0, 0.05) is 0 Å². The van der Waals surface area contributed by atoms with Crippen molar-refractivity contribution in [3.8, 4) is 0 Å². The number of hydrogen-bond donors (Lipinski definition) is 0. The summed E-state index contributed by atoms with van der Waals surface area (Å²) in [7, 11) is 0. The van der Waals surface area contributed by atoms with Gasteiger partial charge in [-0.25, -0.2) is 0 Å². The Hall–Kier alpha value is 0. The Kier molecular flexibility index (Phi) is 16.9. The molecule has 190 valence electrons. The van der Waals surface area contributed by atoms with E-state index in [9.17, 15) is 0 Å². The van der Waals surface area contributed by atoms with Crippen LogP contribution in [-0.2, 0) is 0 Å². The van der Waals surface area contributed by atoms with Crippen LogP contribution in [0.5, 0.6) is 0 Å². The van der Waals surface area contributed by atoms with Crippen LogP contribution in [0.3, 0.4) is 0 Å². The third kappa shape index (κ3) is 14.7. The highest BCUT2D eigenvalue weighted by molar-refractivity contribution is 4.79. The maximum Gasteiger partial charge on any atom is -0.0354 e. The van der Waals surface area contributed by atoms with Crippen LogP contribution in [0, 0.1) is 40.4 Å². The Bertz CT molecular complexity index is 375. The van der Waals surface area contributed by atoms with Crippen molar-refractivity contribution in [2.75, 3.05) is 0 Å². The van der Waals surface area contributed by atoms with Gasteiger partial charge in [-0.2, -0.15) is 0 Å². The van der Waals surface area contributed by atoms with E-state index in [4.69, 9.17) is 0 Å². The van der Waals surface area contributed by atoms with Crippen LogP contribution in [0.1, 0.15) is 161 Å². The molecule has 0 unspecified atom stereocenters. The van der Waals surface area contributed by atoms with Crippen LogP contribution in [0.4, 0.5) is 0 Å². The van der Waals surface area contributed by atoms with Gasteiger partial charge in [0.15, 0.2) is 0 Å². The highest BCUT2D eigenvalue weighted by Crippen LogP contribution is 2.39. The largest absolute Gasteiger partial charge is 0.0776 e. The molecular weight excluding hydrogens is 372 g/mol. The molecule has 31 heavy (non-hydrogen) atoms. The van der Waals surface area contributed by atoms with E-state index in [0.717, 1.165) is 29.6 Å². The zero-order chi connectivity index (χ0) is 22.1. The van der Waals surface area contributed by atoms with Crippen LogP contribution in [0.2, 0.25) is 0 Å². The van der Waals surface area contributed by atoms with Crippen LogP contribution in [0.15, 0.2) is 0 Å². The van der Waals surface area contributed by atoms with Gasteiger partial charge in [-0.15, -0.1) is 0 Å². The zero-order valence-electron chi connectivity index (χ0n) is 22.1. The SMILES string of the molecule is C.C.CC(C)(C)C1CCCCC1.CC1CCC(C(C)(C)C)CC1.CC1CCC(C)CC1. The summed E-state index contributed by atoms with van der Waals surface area (Å²) in [6.07, 6.45) is 19.1. The molecule has 3 aliphatic carbocycles. The van der Waals surface area contributed by atoms with Crippen molar-refractivity contribution in [1.82, 2.24) is 0 Å². The topological polar surface area (TPSA) is 0 Å². The molecule has 0 atom stereocenters. The minimum atomic E-state index is 0. The summed E-state index contributed by atoms with van der Waals surface area (Å²) in [4.78, 5) is 0. The van der Waals surface area contributed by atoms with Crippen molar-refractivity contribution in [2.45, 2.75) is 161 Å². The Balaban J connectivity index is 0. The fourth-order valence-corrected chi connectivity index (χ4v) is 5.52. The van der Waals surface area contributed by atoms with E-state index in [1.807, 2.05) is 0 Å². The van der Waals surface area contributed by atoms with Crippen molar-refractivity contribution in [3.05, 3.63) is 0 Å². The smallest absolute Gasteiger partial charge is 0.0354 e. The molecule has 3 rings (SSSR count). The Labute approximate surface area is 201 Å². The van der Waals surface area contributed by atoms with Crippen molar-refractivity contribution in [3.63, 3.8) is 0 Å². The molecule has 0 aromatic carbocycles. The first-order valence-corrected chi connectivity index (χ1v) is 13.4. The van der Waals surface area contributed by atoms with Crippen molar-refractivity contribution >= 4 is 0 Å². The lowest BCUT2D eigenvalue weighted by atomic mass is 9.70. The van der Waals surface area contributed by atoms with Crippen LogP contribution < -0.4 is 0 Å². The van der Waals surface area contributed by atoms with Gasteiger partial charge in [-0.3, -0.25) is 0 Å². The highest BCUT2D eigenvalue weighted by Gasteiger charge is 2.28. The molecule has 0 radical (unpaired) electrons. The van der Waals surface area contributed by atoms with Gasteiger partial charge in [0.1, 0.15) is 0 Å². The monoisotopic (exact) mass is 439 g/mol. The summed E-state index contributed by atoms with van der Waals surface area (Å²) in [5, 5.41) is 0. The lowest BCUT2D eigenvalue weighted by Gasteiger charge is -2.35. The lowest BCUT2D eigenvalue weighted by molar-refractivity contribution is 0.155. The summed E-state index contributed by atoms with van der Waals surface area (Å²) < 4.78 is 0. The first kappa shape index (κ1) is 33.2. The van der Waals surface area contributed by atoms with E-state index in [1.54, 1.807) is 0 Å². The van der Waals surface area contributed by atoms with Crippen LogP contribution in [-0.4, -0.2) is 0 Å². The molecule has 0 bridgehead atoms. The predicted octanol–water partition coefficient (Wildman–Crippen LogP) is 11.6. The fourth-order valence-electron chi connectivity index (χ4n) is 5.52. The molecule has 0 saturated heterocycles. The van der Waals surface area contributed by atoms with Gasteiger partial charge in [0.05, 0.1) is 0 Å². The minimum absolute atomic E-state index is 0. The number of hydrogen-bond acceptors (Lipinski definition) is 0. The number of rotatable bonds is 0. The predicted molar refractivity (Wildman–Crippen MR) is 147 cm³/mol. The minimum Gasteiger partial charge on any atom is -0.0776 e. The standard InChI is InChI=1S/C11H22.C10H20.C8H16.2CH4/c1-9-5-7-10(8-6-9)11(2,3)4;1-10(2,3)9-7-5-4-6-8-9;1-7-3-5-8(2)6-4-7;;/h9-10H,5-8H2,1-4H3;9H,4-8H2,1-3H3;7-8H,3-6H2,1-2H3;2*1H4. The molecule has 0 N–H and O–H groups in total. The fraction of sp³-hybridized carbons (Fsp3) is 1.00. The molecule has 0 heteroatoms. The highest BCUT2D eigenvalue weighted by atomic mass is 14.3. The second-order valence-electron chi connectivity index (χ2n) is 13.4. The summed E-state index contributed by atoms with van der Waals surface area (Å²) >= 11 is 0. The molecule has 3 aliphatic rings. The third-order valence-corrected chi connectivity index (χ3v) is 8.38. The maximum atomic E-state index is 2.39. The van der Waals surface area contributed by atoms with Gasteiger partial charge in [0.25, 0.3) is 0 Å². The van der Waals surface area contributed by atoms with E-state index >= 15 is 0 Å². The Morgan fingerprint density at radius 1 is 0.387 bits per heavy atom. The van der Waals surface area contributed by atoms with E-state index in [1.165, 1.54) is 83.5 Å². The van der Waals surface area contributed by atoms with Crippen molar-refractivity contribution < 1.29 is 0 Å². The van der Waals surface area contributed by atoms with Crippen molar-refractivity contribution in [2.24, 2.45) is 40.4 Å². The average Bonchev–Trinajstić information content (AvgIpc) is 2.65. The summed E-state index contributed by atoms with van der Waals surface area (Å²) in [6.45, 7) is 21.4. The normalized spacial score (nSPS) is 29.7. The molecule has 0 amide bonds. The van der Waals surface area contributed by atoms with Gasteiger partial charge < -0.3 is 0 Å². The van der Waals surface area contributed by atoms with E-state index in [2.05, 4.69) is 62.3 Å². The zero-order valence-corrected chi connectivity index (χ0v) is 22.1. The molecule has 3 fully saturated rings. The molecule has 0 aliphatic heterocycles. The lowest BCUT2D eigenvalue weighted by Crippen LogP contribution is -2.24. The van der Waals surface area contributed by atoms with E-state index < -0.39 is 0 Å². The summed E-state index contributed by atoms with van der Waals surface area (Å²) in [6, 6.07) is 0. The second-order valence-corrected chi connectivity index (χ2v) is 13.4. The molecule has 0 aromatic rings. The molecular formula is C31H66. The van der Waals surface area contributed by atoms with Gasteiger partial charge in [-0.1, -0.05) is 135 Å². The molecule has 0 heterocycles. The third-order valence-electron chi connectivity index (χ3n) is 8.38. The van der Waals surface area contributed by atoms with E-state index in [0.29, 0.717) is 10.8 Å². The van der Waals surface area contributed by atoms with Crippen molar-refractivity contribution in [1.29, 1.82) is 0 Å². The first-order chi connectivity index (χ1) is 13.4. The molecule has 3 saturated carbocycles. The van der Waals surface area contributed by atoms with Gasteiger partial charge >= 0.3 is 0 Å². The summed E-state index contributed by atoms with van der Waals surface area (Å²) in [5.74, 6) is 5.02. The van der Waals surface area contributed by atoms with Crippen LogP contribution in [0.25, 0.3) is 0 Å². The average molecular weight is 439 g/mol. The molecule has 0 nitrogen and oxygen atoms in total. The quantitative estimate of drug-likeness (QED) is 0.352. The van der Waals surface area contributed by atoms with Crippen LogP contribution >= 0.6 is 0 Å². The molecule has 0 spiro atoms. The summed E-state index contributed by atoms with van der Waals surface area (Å²) in [5.41, 5.74) is 1.13. The van der Waals surface area contributed by atoms with Gasteiger partial charge in [0.2, 0.25) is 0 Å². The van der Waals surface area contributed by atoms with Gasteiger partial charge in [-0.05, 0) is 66.1 Å². The molecule has 0 aromatic heterocycles. The second kappa shape index (κ2) is 15.8. The van der Waals surface area contributed by atoms with E-state index in [-0.39, 0.29) is 14.9 Å².